The third-order valence-corrected chi connectivity index (χ3v) is 3.37. The molecule has 1 aromatic heterocycles. The lowest BCUT2D eigenvalue weighted by molar-refractivity contribution is 0.747. The van der Waals surface area contributed by atoms with Gasteiger partial charge in [-0.15, -0.1) is 0 Å². The van der Waals surface area contributed by atoms with Crippen molar-refractivity contribution in [2.75, 3.05) is 36.2 Å². The molecule has 0 saturated carbocycles. The molecule has 2 N–H and O–H groups in total. The van der Waals surface area contributed by atoms with E-state index in [1.54, 1.807) is 0 Å². The molecular weight excluding hydrogens is 244 g/mol. The number of nitrogens with zero attached hydrogens (tertiary/aromatic N) is 2. The van der Waals surface area contributed by atoms with Gasteiger partial charge in [-0.3, -0.25) is 0 Å². The normalized spacial score (nSPS) is 10.4. The van der Waals surface area contributed by atoms with E-state index < -0.39 is 0 Å². The maximum atomic E-state index is 4.47. The molecule has 102 valence electrons. The highest BCUT2D eigenvalue weighted by Crippen LogP contribution is 2.11. The molecule has 0 aliphatic carbocycles. The smallest absolute Gasteiger partial charge is 0.132 e. The van der Waals surface area contributed by atoms with Crippen molar-refractivity contribution in [3.63, 3.8) is 0 Å². The predicted octanol–water partition coefficient (Wildman–Crippen LogP) is 3.03. The Bertz CT molecular complexity index is 322. The highest BCUT2D eigenvalue weighted by Gasteiger charge is 2.01. The first-order chi connectivity index (χ1) is 8.80. The summed E-state index contributed by atoms with van der Waals surface area (Å²) in [6.07, 6.45) is 6.79. The van der Waals surface area contributed by atoms with E-state index in [2.05, 4.69) is 33.8 Å². The Labute approximate surface area is 114 Å². The van der Waals surface area contributed by atoms with Crippen LogP contribution in [-0.4, -0.2) is 35.6 Å². The van der Waals surface area contributed by atoms with Crippen LogP contribution in [0.15, 0.2) is 6.07 Å². The van der Waals surface area contributed by atoms with Crippen LogP contribution in [0.1, 0.15) is 32.0 Å². The lowest BCUT2D eigenvalue weighted by Gasteiger charge is -2.09. The van der Waals surface area contributed by atoms with Gasteiger partial charge in [0.2, 0.25) is 0 Å². The van der Waals surface area contributed by atoms with E-state index in [9.17, 15) is 0 Å². The summed E-state index contributed by atoms with van der Waals surface area (Å²) >= 11 is 1.92. The van der Waals surface area contributed by atoms with Crippen LogP contribution in [0.4, 0.5) is 11.6 Å². The zero-order chi connectivity index (χ0) is 13.2. The van der Waals surface area contributed by atoms with Gasteiger partial charge in [0.05, 0.1) is 0 Å². The number of thioether (sulfide) groups is 1. The van der Waals surface area contributed by atoms with Crippen molar-refractivity contribution in [3.8, 4) is 0 Å². The van der Waals surface area contributed by atoms with E-state index in [1.807, 2.05) is 24.9 Å². The molecule has 4 nitrogen and oxygen atoms in total. The Morgan fingerprint density at radius 3 is 2.61 bits per heavy atom. The molecule has 0 amide bonds. The highest BCUT2D eigenvalue weighted by atomic mass is 32.2. The lowest BCUT2D eigenvalue weighted by Crippen LogP contribution is -2.07. The number of hydrogen-bond donors (Lipinski definition) is 2. The van der Waals surface area contributed by atoms with Crippen molar-refractivity contribution in [1.29, 1.82) is 0 Å². The highest BCUT2D eigenvalue weighted by molar-refractivity contribution is 7.98. The molecule has 0 aromatic carbocycles. The molecule has 0 spiro atoms. The van der Waals surface area contributed by atoms with E-state index in [-0.39, 0.29) is 0 Å². The molecular formula is C13H24N4S. The zero-order valence-corrected chi connectivity index (χ0v) is 12.4. The predicted molar refractivity (Wildman–Crippen MR) is 81.7 cm³/mol. The fraction of sp³-hybridized carbons (Fsp3) is 0.692. The average Bonchev–Trinajstić information content (AvgIpc) is 2.42. The molecule has 0 unspecified atom stereocenters. The second-order valence-electron chi connectivity index (χ2n) is 4.14. The maximum absolute atomic E-state index is 4.47. The minimum atomic E-state index is 0.859. The van der Waals surface area contributed by atoms with Crippen LogP contribution in [0, 0.1) is 0 Å². The summed E-state index contributed by atoms with van der Waals surface area (Å²) in [6, 6.07) is 1.96. The second-order valence-corrected chi connectivity index (χ2v) is 5.12. The van der Waals surface area contributed by atoms with E-state index in [1.165, 1.54) is 25.0 Å². The van der Waals surface area contributed by atoms with Gasteiger partial charge in [-0.2, -0.15) is 11.8 Å². The van der Waals surface area contributed by atoms with Crippen molar-refractivity contribution in [1.82, 2.24) is 9.97 Å². The fourth-order valence-electron chi connectivity index (χ4n) is 1.64. The minimum absolute atomic E-state index is 0.859. The first kappa shape index (κ1) is 15.1. The molecule has 0 aliphatic rings. The monoisotopic (exact) mass is 268 g/mol. The van der Waals surface area contributed by atoms with Gasteiger partial charge in [-0.1, -0.05) is 13.3 Å². The third kappa shape index (κ3) is 5.58. The van der Waals surface area contributed by atoms with Gasteiger partial charge in [0.25, 0.3) is 0 Å². The third-order valence-electron chi connectivity index (χ3n) is 2.68. The fourth-order valence-corrected chi connectivity index (χ4v) is 2.13. The molecule has 0 fully saturated rings. The number of anilines is 2. The van der Waals surface area contributed by atoms with Crippen molar-refractivity contribution in [2.24, 2.45) is 0 Å². The molecule has 0 bridgehead atoms. The summed E-state index contributed by atoms with van der Waals surface area (Å²) in [7, 11) is 1.88. The first-order valence-corrected chi connectivity index (χ1v) is 7.98. The van der Waals surface area contributed by atoms with Crippen LogP contribution in [0.3, 0.4) is 0 Å². The summed E-state index contributed by atoms with van der Waals surface area (Å²) in [5.41, 5.74) is 0. The van der Waals surface area contributed by atoms with Gasteiger partial charge in [-0.25, -0.2) is 9.97 Å². The Kier molecular flexibility index (Phi) is 7.57. The van der Waals surface area contributed by atoms with E-state index >= 15 is 0 Å². The summed E-state index contributed by atoms with van der Waals surface area (Å²) in [5, 5.41) is 6.44. The van der Waals surface area contributed by atoms with Crippen molar-refractivity contribution in [2.45, 2.75) is 32.6 Å². The number of rotatable bonds is 9. The molecule has 5 heteroatoms. The molecule has 1 aromatic rings. The Morgan fingerprint density at radius 2 is 1.94 bits per heavy atom. The molecule has 0 radical (unpaired) electrons. The average molecular weight is 268 g/mol. The van der Waals surface area contributed by atoms with Crippen LogP contribution in [-0.2, 0) is 6.42 Å². The largest absolute Gasteiger partial charge is 0.373 e. The van der Waals surface area contributed by atoms with Crippen LogP contribution < -0.4 is 10.6 Å². The van der Waals surface area contributed by atoms with Gasteiger partial charge in [0, 0.05) is 26.1 Å². The SMILES string of the molecule is CCc1nc(NC)cc(NCCCCCSC)n1. The van der Waals surface area contributed by atoms with Crippen LogP contribution in [0.2, 0.25) is 0 Å². The van der Waals surface area contributed by atoms with Crippen LogP contribution in [0.25, 0.3) is 0 Å². The summed E-state index contributed by atoms with van der Waals surface area (Å²) < 4.78 is 0. The van der Waals surface area contributed by atoms with E-state index in [0.717, 1.165) is 30.4 Å². The molecule has 0 saturated heterocycles. The summed E-state index contributed by atoms with van der Waals surface area (Å²) in [6.45, 7) is 3.05. The topological polar surface area (TPSA) is 49.8 Å². The van der Waals surface area contributed by atoms with Gasteiger partial charge in [0.1, 0.15) is 17.5 Å². The molecule has 1 heterocycles. The number of nitrogens with one attached hydrogen (secondary N) is 2. The molecule has 18 heavy (non-hydrogen) atoms. The van der Waals surface area contributed by atoms with Gasteiger partial charge in [-0.05, 0) is 24.9 Å². The van der Waals surface area contributed by atoms with E-state index in [4.69, 9.17) is 0 Å². The minimum Gasteiger partial charge on any atom is -0.373 e. The standard InChI is InChI=1S/C13H24N4S/c1-4-11-16-12(14-2)10-13(17-11)15-8-6-5-7-9-18-3/h10H,4-9H2,1-3H3,(H2,14,15,16,17). The van der Waals surface area contributed by atoms with Crippen molar-refractivity contribution in [3.05, 3.63) is 11.9 Å². The van der Waals surface area contributed by atoms with Gasteiger partial charge >= 0.3 is 0 Å². The number of aromatic nitrogens is 2. The molecule has 0 atom stereocenters. The molecule has 0 aliphatic heterocycles. The van der Waals surface area contributed by atoms with Crippen molar-refractivity contribution >= 4 is 23.4 Å². The Balaban J connectivity index is 2.36. The Morgan fingerprint density at radius 1 is 1.17 bits per heavy atom. The van der Waals surface area contributed by atoms with Gasteiger partial charge < -0.3 is 10.6 Å². The van der Waals surface area contributed by atoms with Gasteiger partial charge in [0.15, 0.2) is 0 Å². The summed E-state index contributed by atoms with van der Waals surface area (Å²) in [4.78, 5) is 8.84. The molecule has 1 rings (SSSR count). The quantitative estimate of drug-likeness (QED) is 0.674. The maximum Gasteiger partial charge on any atom is 0.132 e. The lowest BCUT2D eigenvalue weighted by atomic mass is 10.2. The van der Waals surface area contributed by atoms with Crippen molar-refractivity contribution < 1.29 is 0 Å². The second kappa shape index (κ2) is 9.03. The number of hydrogen-bond acceptors (Lipinski definition) is 5. The Hall–Kier alpha value is -0.970. The number of aryl methyl sites for hydroxylation is 1. The first-order valence-electron chi connectivity index (χ1n) is 6.58. The van der Waals surface area contributed by atoms with E-state index in [0.29, 0.717) is 0 Å². The van der Waals surface area contributed by atoms with Crippen LogP contribution >= 0.6 is 11.8 Å². The number of unbranched alkanes of at least 4 members (excludes halogenated alkanes) is 2. The summed E-state index contributed by atoms with van der Waals surface area (Å²) in [5.74, 6) is 3.95. The van der Waals surface area contributed by atoms with Crippen LogP contribution in [0.5, 0.6) is 0 Å². The zero-order valence-electron chi connectivity index (χ0n) is 11.6.